The lowest BCUT2D eigenvalue weighted by Gasteiger charge is -2.24. The van der Waals surface area contributed by atoms with Crippen molar-refractivity contribution in [3.8, 4) is 0 Å². The maximum absolute atomic E-state index is 12.3. The van der Waals surface area contributed by atoms with E-state index in [1.165, 1.54) is 0 Å². The van der Waals surface area contributed by atoms with Crippen LogP contribution in [0.4, 0.5) is 0 Å². The highest BCUT2D eigenvalue weighted by Gasteiger charge is 2.31. The smallest absolute Gasteiger partial charge is 0.225 e. The van der Waals surface area contributed by atoms with Gasteiger partial charge < -0.3 is 9.64 Å². The highest BCUT2D eigenvalue weighted by atomic mass is 16.5. The minimum Gasteiger partial charge on any atom is -0.359 e. The van der Waals surface area contributed by atoms with Crippen LogP contribution < -0.4 is 0 Å². The fourth-order valence-corrected chi connectivity index (χ4v) is 2.19. The number of nitrogens with zero attached hydrogens (tertiary/aromatic N) is 1. The first-order valence-electron chi connectivity index (χ1n) is 6.67. The number of allylic oxidation sites excluding steroid dienone is 1. The molecular formula is C16H21NO2. The van der Waals surface area contributed by atoms with Gasteiger partial charge in [0.05, 0.1) is 12.6 Å². The molecule has 102 valence electrons. The zero-order valence-electron chi connectivity index (χ0n) is 11.6. The monoisotopic (exact) mass is 259 g/mol. The predicted octanol–water partition coefficient (Wildman–Crippen LogP) is 3.15. The van der Waals surface area contributed by atoms with Crippen LogP contribution in [0.15, 0.2) is 42.5 Å². The van der Waals surface area contributed by atoms with Crippen molar-refractivity contribution in [1.82, 2.24) is 4.90 Å². The maximum Gasteiger partial charge on any atom is 0.225 e. The van der Waals surface area contributed by atoms with Gasteiger partial charge in [0.1, 0.15) is 6.73 Å². The van der Waals surface area contributed by atoms with E-state index in [0.717, 1.165) is 11.1 Å². The molecule has 1 heterocycles. The topological polar surface area (TPSA) is 29.5 Å². The average Bonchev–Trinajstić information content (AvgIpc) is 2.88. The minimum absolute atomic E-state index is 0.0472. The largest absolute Gasteiger partial charge is 0.359 e. The molecule has 0 N–H and O–H groups in total. The van der Waals surface area contributed by atoms with Crippen molar-refractivity contribution in [3.63, 3.8) is 0 Å². The molecule has 2 atom stereocenters. The second kappa shape index (κ2) is 6.02. The Bertz CT molecular complexity index is 455. The molecule has 19 heavy (non-hydrogen) atoms. The first kappa shape index (κ1) is 13.8. The third-order valence-electron chi connectivity index (χ3n) is 3.71. The standard InChI is InChI=1S/C16H21NO2/c1-12(2)13(3)9-16(18)17-11-19-10-15(17)14-7-5-4-6-8-14/h4-8,13,15H,1,9-11H2,2-3H3/t13-,15-/m1/s1. The number of ether oxygens (including phenoxy) is 1. The third kappa shape index (κ3) is 3.24. The minimum atomic E-state index is 0.0472. The lowest BCUT2D eigenvalue weighted by atomic mass is 9.99. The van der Waals surface area contributed by atoms with Crippen LogP contribution in [0.5, 0.6) is 0 Å². The summed E-state index contributed by atoms with van der Waals surface area (Å²) >= 11 is 0. The highest BCUT2D eigenvalue weighted by Crippen LogP contribution is 2.28. The average molecular weight is 259 g/mol. The van der Waals surface area contributed by atoms with Crippen molar-refractivity contribution < 1.29 is 9.53 Å². The second-order valence-corrected chi connectivity index (χ2v) is 5.24. The van der Waals surface area contributed by atoms with Crippen molar-refractivity contribution in [3.05, 3.63) is 48.0 Å². The lowest BCUT2D eigenvalue weighted by Crippen LogP contribution is -2.32. The molecule has 1 fully saturated rings. The second-order valence-electron chi connectivity index (χ2n) is 5.24. The Hall–Kier alpha value is -1.61. The summed E-state index contributed by atoms with van der Waals surface area (Å²) in [6, 6.07) is 10.1. The van der Waals surface area contributed by atoms with Gasteiger partial charge in [-0.25, -0.2) is 0 Å². The van der Waals surface area contributed by atoms with Gasteiger partial charge in [-0.2, -0.15) is 0 Å². The Morgan fingerprint density at radius 1 is 1.47 bits per heavy atom. The fourth-order valence-electron chi connectivity index (χ4n) is 2.19. The molecule has 0 aliphatic carbocycles. The van der Waals surface area contributed by atoms with Gasteiger partial charge >= 0.3 is 0 Å². The van der Waals surface area contributed by atoms with E-state index in [4.69, 9.17) is 4.74 Å². The summed E-state index contributed by atoms with van der Waals surface area (Å²) in [7, 11) is 0. The lowest BCUT2D eigenvalue weighted by molar-refractivity contribution is -0.134. The summed E-state index contributed by atoms with van der Waals surface area (Å²) in [6.07, 6.45) is 0.502. The van der Waals surface area contributed by atoms with Crippen molar-refractivity contribution in [2.75, 3.05) is 13.3 Å². The maximum atomic E-state index is 12.3. The molecule has 0 unspecified atom stereocenters. The molecule has 1 aromatic carbocycles. The molecule has 0 spiro atoms. The van der Waals surface area contributed by atoms with Crippen molar-refractivity contribution in [2.24, 2.45) is 5.92 Å². The van der Waals surface area contributed by atoms with E-state index in [9.17, 15) is 4.79 Å². The van der Waals surface area contributed by atoms with Gasteiger partial charge in [0.25, 0.3) is 0 Å². The molecule has 2 rings (SSSR count). The van der Waals surface area contributed by atoms with Crippen LogP contribution in [-0.2, 0) is 9.53 Å². The SMILES string of the molecule is C=C(C)[C@H](C)CC(=O)N1COC[C@@H]1c1ccccc1. The van der Waals surface area contributed by atoms with Crippen molar-refractivity contribution in [1.29, 1.82) is 0 Å². The van der Waals surface area contributed by atoms with E-state index < -0.39 is 0 Å². The summed E-state index contributed by atoms with van der Waals surface area (Å²) in [5.74, 6) is 0.353. The molecule has 1 aromatic rings. The molecule has 3 nitrogen and oxygen atoms in total. The number of benzene rings is 1. The van der Waals surface area contributed by atoms with Crippen LogP contribution in [0.1, 0.15) is 31.9 Å². The van der Waals surface area contributed by atoms with Crippen LogP contribution in [-0.4, -0.2) is 24.1 Å². The first-order valence-corrected chi connectivity index (χ1v) is 6.67. The van der Waals surface area contributed by atoms with Crippen molar-refractivity contribution >= 4 is 5.91 Å². The Labute approximate surface area is 114 Å². The van der Waals surface area contributed by atoms with Gasteiger partial charge in [0.15, 0.2) is 0 Å². The molecule has 0 radical (unpaired) electrons. The summed E-state index contributed by atoms with van der Waals surface area (Å²) in [6.45, 7) is 8.88. The van der Waals surface area contributed by atoms with Gasteiger partial charge in [-0.15, -0.1) is 0 Å². The quantitative estimate of drug-likeness (QED) is 0.777. The number of hydrogen-bond acceptors (Lipinski definition) is 2. The molecule has 0 bridgehead atoms. The summed E-state index contributed by atoms with van der Waals surface area (Å²) in [5, 5.41) is 0. The fraction of sp³-hybridized carbons (Fsp3) is 0.438. The van der Waals surface area contributed by atoms with Gasteiger partial charge in [-0.1, -0.05) is 49.4 Å². The number of hydrogen-bond donors (Lipinski definition) is 0. The van der Waals surface area contributed by atoms with Crippen LogP contribution >= 0.6 is 0 Å². The Balaban J connectivity index is 2.07. The van der Waals surface area contributed by atoms with E-state index in [0.29, 0.717) is 19.8 Å². The zero-order valence-corrected chi connectivity index (χ0v) is 11.6. The summed E-state index contributed by atoms with van der Waals surface area (Å²) < 4.78 is 5.47. The van der Waals surface area contributed by atoms with Crippen LogP contribution in [0.3, 0.4) is 0 Å². The van der Waals surface area contributed by atoms with Gasteiger partial charge in [0.2, 0.25) is 5.91 Å². The molecule has 0 saturated carbocycles. The zero-order chi connectivity index (χ0) is 13.8. The number of amides is 1. The van der Waals surface area contributed by atoms with Crippen LogP contribution in [0.25, 0.3) is 0 Å². The highest BCUT2D eigenvalue weighted by molar-refractivity contribution is 5.77. The van der Waals surface area contributed by atoms with Gasteiger partial charge in [0, 0.05) is 6.42 Å². The Kier molecular flexibility index (Phi) is 4.38. The van der Waals surface area contributed by atoms with E-state index in [1.807, 2.05) is 49.1 Å². The first-order chi connectivity index (χ1) is 9.09. The molecule has 3 heteroatoms. The summed E-state index contributed by atoms with van der Waals surface area (Å²) in [5.41, 5.74) is 2.18. The number of rotatable bonds is 4. The summed E-state index contributed by atoms with van der Waals surface area (Å²) in [4.78, 5) is 14.2. The molecule has 1 aliphatic heterocycles. The van der Waals surface area contributed by atoms with E-state index in [2.05, 4.69) is 6.58 Å². The Morgan fingerprint density at radius 3 is 2.79 bits per heavy atom. The number of carbonyl (C=O) groups excluding carboxylic acids is 1. The van der Waals surface area contributed by atoms with Gasteiger partial charge in [-0.3, -0.25) is 4.79 Å². The molecular weight excluding hydrogens is 238 g/mol. The molecule has 1 aliphatic rings. The van der Waals surface area contributed by atoms with Crippen LogP contribution in [0.2, 0.25) is 0 Å². The Morgan fingerprint density at radius 2 is 2.16 bits per heavy atom. The third-order valence-corrected chi connectivity index (χ3v) is 3.71. The van der Waals surface area contributed by atoms with E-state index in [-0.39, 0.29) is 17.9 Å². The van der Waals surface area contributed by atoms with Gasteiger partial charge in [-0.05, 0) is 18.4 Å². The van der Waals surface area contributed by atoms with Crippen LogP contribution in [0, 0.1) is 5.92 Å². The van der Waals surface area contributed by atoms with Crippen molar-refractivity contribution in [2.45, 2.75) is 26.3 Å². The molecule has 0 aromatic heterocycles. The van der Waals surface area contributed by atoms with E-state index in [1.54, 1.807) is 0 Å². The van der Waals surface area contributed by atoms with E-state index >= 15 is 0 Å². The molecule has 1 saturated heterocycles. The normalized spacial score (nSPS) is 20.3. The predicted molar refractivity (Wildman–Crippen MR) is 75.4 cm³/mol. The number of carbonyl (C=O) groups is 1. The molecule has 1 amide bonds.